The number of nitrogens with one attached hydrogen (secondary N) is 1. The summed E-state index contributed by atoms with van der Waals surface area (Å²) in [5.74, 6) is 3.54. The van der Waals surface area contributed by atoms with Crippen LogP contribution in [0.2, 0.25) is 0 Å². The number of thioether (sulfide) groups is 1. The van der Waals surface area contributed by atoms with Crippen LogP contribution in [0.25, 0.3) is 0 Å². The monoisotopic (exact) mass is 304 g/mol. The van der Waals surface area contributed by atoms with Crippen molar-refractivity contribution in [1.29, 1.82) is 0 Å². The molecule has 2 aliphatic heterocycles. The minimum absolute atomic E-state index is 0.788. The van der Waals surface area contributed by atoms with E-state index in [-0.39, 0.29) is 0 Å². The van der Waals surface area contributed by atoms with E-state index in [0.29, 0.717) is 0 Å². The maximum Gasteiger partial charge on any atom is 0.0233 e. The van der Waals surface area contributed by atoms with Gasteiger partial charge >= 0.3 is 0 Å². The molecule has 0 saturated carbocycles. The predicted octanol–water partition coefficient (Wildman–Crippen LogP) is 3.38. The first kappa shape index (κ1) is 15.4. The second kappa shape index (κ2) is 8.21. The molecule has 2 saturated heterocycles. The van der Waals surface area contributed by atoms with E-state index in [1.807, 2.05) is 0 Å². The van der Waals surface area contributed by atoms with Gasteiger partial charge in [-0.25, -0.2) is 0 Å². The molecule has 116 valence electrons. The lowest BCUT2D eigenvalue weighted by Gasteiger charge is -2.34. The topological polar surface area (TPSA) is 15.3 Å². The Hall–Kier alpha value is -0.510. The summed E-state index contributed by atoms with van der Waals surface area (Å²) in [6, 6.07) is 11.7. The fourth-order valence-corrected chi connectivity index (χ4v) is 4.64. The lowest BCUT2D eigenvalue weighted by molar-refractivity contribution is 0.162. The first-order valence-electron chi connectivity index (χ1n) is 8.47. The molecule has 2 aliphatic rings. The second-order valence-electron chi connectivity index (χ2n) is 6.52. The number of hydrogen-bond donors (Lipinski definition) is 1. The molecule has 1 N–H and O–H groups in total. The zero-order valence-electron chi connectivity index (χ0n) is 13.0. The highest BCUT2D eigenvalue weighted by Gasteiger charge is 2.21. The van der Waals surface area contributed by atoms with Crippen molar-refractivity contribution in [1.82, 2.24) is 10.2 Å². The van der Waals surface area contributed by atoms with Gasteiger partial charge in [0.15, 0.2) is 0 Å². The Morgan fingerprint density at radius 1 is 1.10 bits per heavy atom. The molecule has 0 amide bonds. The van der Waals surface area contributed by atoms with E-state index in [9.17, 15) is 0 Å². The molecule has 21 heavy (non-hydrogen) atoms. The first-order chi connectivity index (χ1) is 10.4. The Kier molecular flexibility index (Phi) is 6.02. The highest BCUT2D eigenvalue weighted by atomic mass is 32.2. The molecule has 1 unspecified atom stereocenters. The number of rotatable bonds is 5. The molecule has 2 nitrogen and oxygen atoms in total. The van der Waals surface area contributed by atoms with Crippen molar-refractivity contribution in [3.05, 3.63) is 35.9 Å². The van der Waals surface area contributed by atoms with Gasteiger partial charge in [0.25, 0.3) is 0 Å². The first-order valence-corrected chi connectivity index (χ1v) is 9.63. The van der Waals surface area contributed by atoms with Gasteiger partial charge in [0.1, 0.15) is 0 Å². The van der Waals surface area contributed by atoms with Gasteiger partial charge in [0.05, 0.1) is 0 Å². The van der Waals surface area contributed by atoms with Crippen molar-refractivity contribution in [3.8, 4) is 0 Å². The van der Waals surface area contributed by atoms with Gasteiger partial charge in [-0.05, 0) is 61.8 Å². The summed E-state index contributed by atoms with van der Waals surface area (Å²) >= 11 is 2.11. The van der Waals surface area contributed by atoms with Crippen molar-refractivity contribution < 1.29 is 0 Å². The predicted molar refractivity (Wildman–Crippen MR) is 92.8 cm³/mol. The number of nitrogens with zero attached hydrogens (tertiary/aromatic N) is 1. The third-order valence-electron chi connectivity index (χ3n) is 4.77. The minimum atomic E-state index is 0.788. The normalized spacial score (nSPS) is 25.0. The number of benzene rings is 1. The van der Waals surface area contributed by atoms with E-state index >= 15 is 0 Å². The SMILES string of the molecule is c1ccc(CN2CCCC(CNC3CCSCC3)C2)cc1. The van der Waals surface area contributed by atoms with Crippen molar-refractivity contribution in [2.75, 3.05) is 31.1 Å². The van der Waals surface area contributed by atoms with Crippen LogP contribution in [0.15, 0.2) is 30.3 Å². The van der Waals surface area contributed by atoms with Crippen LogP contribution in [0, 0.1) is 5.92 Å². The van der Waals surface area contributed by atoms with Crippen LogP contribution in [0.1, 0.15) is 31.2 Å². The second-order valence-corrected chi connectivity index (χ2v) is 7.75. The van der Waals surface area contributed by atoms with E-state index < -0.39 is 0 Å². The summed E-state index contributed by atoms with van der Waals surface area (Å²) in [4.78, 5) is 2.64. The summed E-state index contributed by atoms with van der Waals surface area (Å²) in [5.41, 5.74) is 1.45. The number of likely N-dealkylation sites (tertiary alicyclic amines) is 1. The molecule has 3 rings (SSSR count). The molecular formula is C18H28N2S. The third-order valence-corrected chi connectivity index (χ3v) is 5.82. The Balaban J connectivity index is 1.42. The lowest BCUT2D eigenvalue weighted by Crippen LogP contribution is -2.42. The summed E-state index contributed by atoms with van der Waals surface area (Å²) in [5, 5.41) is 3.84. The van der Waals surface area contributed by atoms with E-state index in [1.54, 1.807) is 0 Å². The van der Waals surface area contributed by atoms with Crippen LogP contribution >= 0.6 is 11.8 Å². The molecule has 0 radical (unpaired) electrons. The van der Waals surface area contributed by atoms with Crippen molar-refractivity contribution in [3.63, 3.8) is 0 Å². The maximum absolute atomic E-state index is 3.84. The minimum Gasteiger partial charge on any atom is -0.314 e. The molecule has 2 fully saturated rings. The Morgan fingerprint density at radius 2 is 1.90 bits per heavy atom. The summed E-state index contributed by atoms with van der Waals surface area (Å²) in [6.07, 6.45) is 5.50. The van der Waals surface area contributed by atoms with Gasteiger partial charge in [-0.2, -0.15) is 11.8 Å². The van der Waals surface area contributed by atoms with E-state index in [2.05, 4.69) is 52.3 Å². The van der Waals surface area contributed by atoms with Gasteiger partial charge in [-0.15, -0.1) is 0 Å². The molecule has 2 heterocycles. The van der Waals surface area contributed by atoms with E-state index in [4.69, 9.17) is 0 Å². The van der Waals surface area contributed by atoms with Gasteiger partial charge in [0, 0.05) is 19.1 Å². The van der Waals surface area contributed by atoms with Crippen LogP contribution in [-0.2, 0) is 6.54 Å². The third kappa shape index (κ3) is 5.01. The highest BCUT2D eigenvalue weighted by molar-refractivity contribution is 7.99. The molecule has 1 atom stereocenters. The quantitative estimate of drug-likeness (QED) is 0.898. The molecular weight excluding hydrogens is 276 g/mol. The average Bonchev–Trinajstić information content (AvgIpc) is 2.55. The number of hydrogen-bond acceptors (Lipinski definition) is 3. The summed E-state index contributed by atoms with van der Waals surface area (Å²) in [6.45, 7) is 4.88. The smallest absolute Gasteiger partial charge is 0.0233 e. The fourth-order valence-electron chi connectivity index (χ4n) is 3.54. The maximum atomic E-state index is 3.84. The molecule has 0 spiro atoms. The van der Waals surface area contributed by atoms with E-state index in [1.165, 1.54) is 62.4 Å². The van der Waals surface area contributed by atoms with Gasteiger partial charge in [-0.3, -0.25) is 4.90 Å². The van der Waals surface area contributed by atoms with Crippen molar-refractivity contribution >= 4 is 11.8 Å². The van der Waals surface area contributed by atoms with Crippen LogP contribution in [0.3, 0.4) is 0 Å². The zero-order valence-corrected chi connectivity index (χ0v) is 13.8. The Labute approximate surface area is 133 Å². The molecule has 1 aromatic rings. The largest absolute Gasteiger partial charge is 0.314 e. The molecule has 0 bridgehead atoms. The summed E-state index contributed by atoms with van der Waals surface area (Å²) < 4.78 is 0. The van der Waals surface area contributed by atoms with Crippen molar-refractivity contribution in [2.24, 2.45) is 5.92 Å². The van der Waals surface area contributed by atoms with Crippen LogP contribution in [-0.4, -0.2) is 42.1 Å². The lowest BCUT2D eigenvalue weighted by atomic mass is 9.97. The van der Waals surface area contributed by atoms with Crippen LogP contribution in [0.5, 0.6) is 0 Å². The van der Waals surface area contributed by atoms with Gasteiger partial charge < -0.3 is 5.32 Å². The number of piperidine rings is 1. The molecule has 3 heteroatoms. The highest BCUT2D eigenvalue weighted by Crippen LogP contribution is 2.20. The van der Waals surface area contributed by atoms with Gasteiger partial charge in [0.2, 0.25) is 0 Å². The average molecular weight is 305 g/mol. The van der Waals surface area contributed by atoms with Crippen molar-refractivity contribution in [2.45, 2.75) is 38.3 Å². The van der Waals surface area contributed by atoms with Gasteiger partial charge in [-0.1, -0.05) is 30.3 Å². The summed E-state index contributed by atoms with van der Waals surface area (Å²) in [7, 11) is 0. The Bertz CT molecular complexity index is 403. The zero-order chi connectivity index (χ0) is 14.3. The molecule has 1 aromatic carbocycles. The van der Waals surface area contributed by atoms with Crippen LogP contribution < -0.4 is 5.32 Å². The fraction of sp³-hybridized carbons (Fsp3) is 0.667. The Morgan fingerprint density at radius 3 is 2.71 bits per heavy atom. The van der Waals surface area contributed by atoms with E-state index in [0.717, 1.165) is 18.5 Å². The molecule has 0 aliphatic carbocycles. The standard InChI is InChI=1S/C18H28N2S/c1-2-5-16(6-3-1)14-20-10-4-7-17(15-20)13-19-18-8-11-21-12-9-18/h1-3,5-6,17-19H,4,7-15H2. The van der Waals surface area contributed by atoms with Crippen LogP contribution in [0.4, 0.5) is 0 Å². The molecule has 0 aromatic heterocycles.